The molecule has 21 heavy (non-hydrogen) atoms. The monoisotopic (exact) mass is 287 g/mol. The smallest absolute Gasteiger partial charge is 0.230 e. The maximum Gasteiger partial charge on any atom is 0.230 e. The molecule has 2 aromatic rings. The van der Waals surface area contributed by atoms with Crippen molar-refractivity contribution in [3.05, 3.63) is 24.3 Å². The quantitative estimate of drug-likeness (QED) is 0.900. The fraction of sp³-hybridized carbons (Fsp3) is 0.357. The van der Waals surface area contributed by atoms with Crippen molar-refractivity contribution in [2.75, 3.05) is 44.0 Å². The summed E-state index contributed by atoms with van der Waals surface area (Å²) in [7, 11) is 1.63. The Morgan fingerprint density at radius 2 is 1.81 bits per heavy atom. The molecule has 0 amide bonds. The number of nitrogen functional groups attached to an aromatic ring is 1. The minimum Gasteiger partial charge on any atom is -0.497 e. The molecule has 2 heterocycles. The van der Waals surface area contributed by atoms with Gasteiger partial charge in [-0.25, -0.2) is 0 Å². The van der Waals surface area contributed by atoms with Gasteiger partial charge in [0, 0.05) is 18.7 Å². The first-order chi connectivity index (χ1) is 10.3. The number of morpholine rings is 1. The third kappa shape index (κ3) is 3.03. The number of nitrogens with two attached hydrogens (primary N) is 1. The third-order valence-corrected chi connectivity index (χ3v) is 3.28. The SMILES string of the molecule is COc1ccc(-c2nc(N)nc(N3CCOCC3)n2)cc1. The lowest BCUT2D eigenvalue weighted by molar-refractivity contribution is 0.122. The number of rotatable bonds is 3. The summed E-state index contributed by atoms with van der Waals surface area (Å²) >= 11 is 0. The first kappa shape index (κ1) is 13.6. The number of benzene rings is 1. The van der Waals surface area contributed by atoms with Crippen molar-refractivity contribution < 1.29 is 9.47 Å². The molecule has 0 saturated carbocycles. The van der Waals surface area contributed by atoms with Gasteiger partial charge < -0.3 is 20.1 Å². The molecule has 1 aromatic heterocycles. The minimum atomic E-state index is 0.220. The second kappa shape index (κ2) is 5.92. The fourth-order valence-electron chi connectivity index (χ4n) is 2.15. The highest BCUT2D eigenvalue weighted by Gasteiger charge is 2.16. The van der Waals surface area contributed by atoms with E-state index < -0.39 is 0 Å². The van der Waals surface area contributed by atoms with E-state index in [1.54, 1.807) is 7.11 Å². The number of aromatic nitrogens is 3. The summed E-state index contributed by atoms with van der Waals surface area (Å²) < 4.78 is 10.5. The summed E-state index contributed by atoms with van der Waals surface area (Å²) in [5, 5.41) is 0. The Balaban J connectivity index is 1.92. The van der Waals surface area contributed by atoms with E-state index >= 15 is 0 Å². The lowest BCUT2D eigenvalue weighted by Gasteiger charge is -2.26. The molecule has 110 valence electrons. The van der Waals surface area contributed by atoms with Crippen LogP contribution >= 0.6 is 0 Å². The van der Waals surface area contributed by atoms with Gasteiger partial charge in [0.05, 0.1) is 20.3 Å². The predicted molar refractivity (Wildman–Crippen MR) is 79.3 cm³/mol. The lowest BCUT2D eigenvalue weighted by Crippen LogP contribution is -2.37. The van der Waals surface area contributed by atoms with Crippen LogP contribution in [0.2, 0.25) is 0 Å². The number of methoxy groups -OCH3 is 1. The van der Waals surface area contributed by atoms with Crippen molar-refractivity contribution in [2.45, 2.75) is 0 Å². The van der Waals surface area contributed by atoms with Crippen molar-refractivity contribution in [1.82, 2.24) is 15.0 Å². The highest BCUT2D eigenvalue weighted by Crippen LogP contribution is 2.21. The zero-order valence-corrected chi connectivity index (χ0v) is 11.8. The number of hydrogen-bond acceptors (Lipinski definition) is 7. The molecule has 1 aromatic carbocycles. The summed E-state index contributed by atoms with van der Waals surface area (Å²) in [5.74, 6) is 2.16. The molecule has 1 aliphatic heterocycles. The fourth-order valence-corrected chi connectivity index (χ4v) is 2.15. The second-order valence-corrected chi connectivity index (χ2v) is 4.65. The van der Waals surface area contributed by atoms with E-state index in [4.69, 9.17) is 15.2 Å². The van der Waals surface area contributed by atoms with Gasteiger partial charge in [-0.05, 0) is 24.3 Å². The van der Waals surface area contributed by atoms with Crippen molar-refractivity contribution in [2.24, 2.45) is 0 Å². The van der Waals surface area contributed by atoms with Gasteiger partial charge in [0.1, 0.15) is 5.75 Å². The van der Waals surface area contributed by atoms with E-state index in [9.17, 15) is 0 Å². The predicted octanol–water partition coefficient (Wildman–Crippen LogP) is 0.966. The van der Waals surface area contributed by atoms with Gasteiger partial charge in [-0.2, -0.15) is 15.0 Å². The van der Waals surface area contributed by atoms with Crippen molar-refractivity contribution in [3.63, 3.8) is 0 Å². The summed E-state index contributed by atoms with van der Waals surface area (Å²) in [5.41, 5.74) is 6.69. The molecule has 0 atom stereocenters. The Kier molecular flexibility index (Phi) is 3.83. The Morgan fingerprint density at radius 1 is 1.10 bits per heavy atom. The van der Waals surface area contributed by atoms with Gasteiger partial charge in [0.2, 0.25) is 11.9 Å². The lowest BCUT2D eigenvalue weighted by atomic mass is 10.2. The molecule has 1 saturated heterocycles. The highest BCUT2D eigenvalue weighted by molar-refractivity contribution is 5.59. The molecular formula is C14H17N5O2. The molecule has 0 spiro atoms. The molecule has 0 aliphatic carbocycles. The van der Waals surface area contributed by atoms with Crippen LogP contribution < -0.4 is 15.4 Å². The van der Waals surface area contributed by atoms with Crippen LogP contribution in [0, 0.1) is 0 Å². The van der Waals surface area contributed by atoms with E-state index in [2.05, 4.69) is 19.9 Å². The first-order valence-corrected chi connectivity index (χ1v) is 6.75. The normalized spacial score (nSPS) is 15.0. The molecule has 2 N–H and O–H groups in total. The van der Waals surface area contributed by atoms with Crippen LogP contribution in [0.25, 0.3) is 11.4 Å². The van der Waals surface area contributed by atoms with Crippen LogP contribution in [-0.2, 0) is 4.74 Å². The Bertz CT molecular complexity index is 611. The first-order valence-electron chi connectivity index (χ1n) is 6.75. The van der Waals surface area contributed by atoms with Gasteiger partial charge in [0.15, 0.2) is 5.82 Å². The van der Waals surface area contributed by atoms with Crippen molar-refractivity contribution in [1.29, 1.82) is 0 Å². The number of hydrogen-bond donors (Lipinski definition) is 1. The molecule has 1 aliphatic rings. The zero-order valence-electron chi connectivity index (χ0n) is 11.8. The van der Waals surface area contributed by atoms with Crippen LogP contribution in [0.1, 0.15) is 0 Å². The second-order valence-electron chi connectivity index (χ2n) is 4.65. The maximum atomic E-state index is 5.81. The van der Waals surface area contributed by atoms with Gasteiger partial charge in [-0.15, -0.1) is 0 Å². The Morgan fingerprint density at radius 3 is 2.48 bits per heavy atom. The molecular weight excluding hydrogens is 270 g/mol. The summed E-state index contributed by atoms with van der Waals surface area (Å²) in [6.07, 6.45) is 0. The molecule has 1 fully saturated rings. The van der Waals surface area contributed by atoms with Crippen molar-refractivity contribution in [3.8, 4) is 17.1 Å². The molecule has 7 nitrogen and oxygen atoms in total. The average molecular weight is 287 g/mol. The van der Waals surface area contributed by atoms with Crippen LogP contribution in [0.4, 0.5) is 11.9 Å². The van der Waals surface area contributed by atoms with Gasteiger partial charge in [-0.3, -0.25) is 0 Å². The van der Waals surface area contributed by atoms with Gasteiger partial charge in [0.25, 0.3) is 0 Å². The van der Waals surface area contributed by atoms with Crippen LogP contribution in [-0.4, -0.2) is 48.4 Å². The standard InChI is InChI=1S/C14H17N5O2/c1-20-11-4-2-10(3-5-11)12-16-13(15)18-14(17-12)19-6-8-21-9-7-19/h2-5H,6-9H2,1H3,(H2,15,16,17,18). The molecule has 3 rings (SSSR count). The summed E-state index contributed by atoms with van der Waals surface area (Å²) in [6.45, 7) is 2.85. The molecule has 0 bridgehead atoms. The average Bonchev–Trinajstić information content (AvgIpc) is 2.55. The molecule has 0 unspecified atom stereocenters. The Hall–Kier alpha value is -2.41. The molecule has 7 heteroatoms. The van der Waals surface area contributed by atoms with Crippen LogP contribution in [0.5, 0.6) is 5.75 Å². The zero-order chi connectivity index (χ0) is 14.7. The van der Waals surface area contributed by atoms with Crippen LogP contribution in [0.3, 0.4) is 0 Å². The van der Waals surface area contributed by atoms with Gasteiger partial charge >= 0.3 is 0 Å². The molecule has 0 radical (unpaired) electrons. The highest BCUT2D eigenvalue weighted by atomic mass is 16.5. The maximum absolute atomic E-state index is 5.81. The number of ether oxygens (including phenoxy) is 2. The number of nitrogens with zero attached hydrogens (tertiary/aromatic N) is 4. The van der Waals surface area contributed by atoms with Crippen molar-refractivity contribution >= 4 is 11.9 Å². The largest absolute Gasteiger partial charge is 0.497 e. The Labute approximate surface area is 122 Å². The van der Waals surface area contributed by atoms with Crippen LogP contribution in [0.15, 0.2) is 24.3 Å². The minimum absolute atomic E-state index is 0.220. The summed E-state index contributed by atoms with van der Waals surface area (Å²) in [6, 6.07) is 7.53. The van der Waals surface area contributed by atoms with E-state index in [0.717, 1.165) is 24.4 Å². The van der Waals surface area contributed by atoms with E-state index in [0.29, 0.717) is 25.0 Å². The summed E-state index contributed by atoms with van der Waals surface area (Å²) in [4.78, 5) is 15.0. The topological polar surface area (TPSA) is 86.4 Å². The van der Waals surface area contributed by atoms with E-state index in [-0.39, 0.29) is 5.95 Å². The van der Waals surface area contributed by atoms with Gasteiger partial charge in [-0.1, -0.05) is 0 Å². The number of anilines is 2. The van der Waals surface area contributed by atoms with E-state index in [1.807, 2.05) is 24.3 Å². The van der Waals surface area contributed by atoms with E-state index in [1.165, 1.54) is 0 Å². The third-order valence-electron chi connectivity index (χ3n) is 3.28.